The van der Waals surface area contributed by atoms with Gasteiger partial charge in [-0.05, 0) is 32.0 Å². The molecule has 0 radical (unpaired) electrons. The second-order valence-electron chi connectivity index (χ2n) is 7.05. The summed E-state index contributed by atoms with van der Waals surface area (Å²) in [6.45, 7) is 12.2. The minimum Gasteiger partial charge on any atom is -0.490 e. The molecule has 0 atom stereocenters. The van der Waals surface area contributed by atoms with Crippen LogP contribution in [0.15, 0.2) is 30.6 Å². The second kappa shape index (κ2) is 10.3. The number of benzene rings is 1. The highest BCUT2D eigenvalue weighted by Crippen LogP contribution is 2.29. The number of nitrogens with zero attached hydrogens (tertiary/aromatic N) is 4. The number of piperazine rings is 1. The highest BCUT2D eigenvalue weighted by Gasteiger charge is 2.23. The van der Waals surface area contributed by atoms with Crippen LogP contribution in [-0.4, -0.2) is 71.2 Å². The van der Waals surface area contributed by atoms with Crippen molar-refractivity contribution < 1.29 is 14.3 Å². The number of imidazole rings is 1. The number of carbonyl (C=O) groups excluding carboxylic acids is 1. The summed E-state index contributed by atoms with van der Waals surface area (Å²) in [6.07, 6.45) is 4.85. The summed E-state index contributed by atoms with van der Waals surface area (Å²) < 4.78 is 13.5. The molecule has 7 nitrogen and oxygen atoms in total. The highest BCUT2D eigenvalue weighted by molar-refractivity contribution is 5.95. The Morgan fingerprint density at radius 3 is 2.41 bits per heavy atom. The molecule has 29 heavy (non-hydrogen) atoms. The zero-order valence-electron chi connectivity index (χ0n) is 17.8. The number of carbonyl (C=O) groups is 1. The van der Waals surface area contributed by atoms with E-state index in [1.165, 1.54) is 0 Å². The Morgan fingerprint density at radius 1 is 1.00 bits per heavy atom. The maximum atomic E-state index is 13.0. The zero-order chi connectivity index (χ0) is 20.6. The van der Waals surface area contributed by atoms with E-state index in [9.17, 15) is 4.79 Å². The third-order valence-corrected chi connectivity index (χ3v) is 5.22. The van der Waals surface area contributed by atoms with Gasteiger partial charge in [0.1, 0.15) is 5.82 Å². The van der Waals surface area contributed by atoms with Gasteiger partial charge in [-0.1, -0.05) is 6.92 Å². The van der Waals surface area contributed by atoms with Crippen molar-refractivity contribution in [3.8, 4) is 11.5 Å². The number of hydrogen-bond donors (Lipinski definition) is 0. The van der Waals surface area contributed by atoms with E-state index >= 15 is 0 Å². The standard InChI is InChI=1S/C22H32N4O3/c1-4-21-23-9-10-25(21)14-11-24-12-15-26(16-13-24)22(27)18-7-8-19(28-5-2)20(17-18)29-6-3/h7-10,17H,4-6,11-16H2,1-3H3. The highest BCUT2D eigenvalue weighted by atomic mass is 16.5. The summed E-state index contributed by atoms with van der Waals surface area (Å²) in [5, 5.41) is 0. The molecular formula is C22H32N4O3. The van der Waals surface area contributed by atoms with Gasteiger partial charge in [0.25, 0.3) is 5.91 Å². The van der Waals surface area contributed by atoms with Crippen LogP contribution >= 0.6 is 0 Å². The summed E-state index contributed by atoms with van der Waals surface area (Å²) in [4.78, 5) is 21.7. The van der Waals surface area contributed by atoms with Crippen molar-refractivity contribution in [3.63, 3.8) is 0 Å². The summed E-state index contributed by atoms with van der Waals surface area (Å²) in [5.41, 5.74) is 0.649. The molecule has 158 valence electrons. The summed E-state index contributed by atoms with van der Waals surface area (Å²) in [7, 11) is 0. The Bertz CT molecular complexity index is 797. The van der Waals surface area contributed by atoms with Crippen LogP contribution in [0.1, 0.15) is 37.0 Å². The SMILES string of the molecule is CCOc1ccc(C(=O)N2CCN(CCn3ccnc3CC)CC2)cc1OCC. The third-order valence-electron chi connectivity index (χ3n) is 5.22. The zero-order valence-corrected chi connectivity index (χ0v) is 17.8. The molecule has 7 heteroatoms. The molecular weight excluding hydrogens is 368 g/mol. The Kier molecular flexibility index (Phi) is 7.52. The average molecular weight is 401 g/mol. The topological polar surface area (TPSA) is 59.8 Å². The normalized spacial score (nSPS) is 14.8. The van der Waals surface area contributed by atoms with Crippen molar-refractivity contribution >= 4 is 5.91 Å². The number of aryl methyl sites for hydroxylation is 1. The number of ether oxygens (including phenoxy) is 2. The van der Waals surface area contributed by atoms with Crippen molar-refractivity contribution in [1.82, 2.24) is 19.4 Å². The van der Waals surface area contributed by atoms with Gasteiger partial charge in [0.15, 0.2) is 11.5 Å². The summed E-state index contributed by atoms with van der Waals surface area (Å²) in [5.74, 6) is 2.49. The molecule has 1 aromatic heterocycles. The summed E-state index contributed by atoms with van der Waals surface area (Å²) >= 11 is 0. The van der Waals surface area contributed by atoms with E-state index in [0.29, 0.717) is 30.3 Å². The van der Waals surface area contributed by atoms with Crippen LogP contribution in [-0.2, 0) is 13.0 Å². The first-order chi connectivity index (χ1) is 14.2. The van der Waals surface area contributed by atoms with Crippen LogP contribution < -0.4 is 9.47 Å². The lowest BCUT2D eigenvalue weighted by Crippen LogP contribution is -2.49. The molecule has 0 bridgehead atoms. The fraction of sp³-hybridized carbons (Fsp3) is 0.545. The maximum Gasteiger partial charge on any atom is 0.254 e. The third kappa shape index (κ3) is 5.29. The minimum absolute atomic E-state index is 0.0523. The van der Waals surface area contributed by atoms with Crippen LogP contribution in [0.2, 0.25) is 0 Å². The Hall–Kier alpha value is -2.54. The van der Waals surface area contributed by atoms with Crippen molar-refractivity contribution in [1.29, 1.82) is 0 Å². The van der Waals surface area contributed by atoms with Crippen LogP contribution in [0.3, 0.4) is 0 Å². The Labute approximate surface area is 173 Å². The van der Waals surface area contributed by atoms with Crippen LogP contribution in [0.5, 0.6) is 11.5 Å². The first-order valence-electron chi connectivity index (χ1n) is 10.6. The molecule has 2 aromatic rings. The van der Waals surface area contributed by atoms with Gasteiger partial charge in [-0.2, -0.15) is 0 Å². The van der Waals surface area contributed by atoms with E-state index in [0.717, 1.165) is 51.5 Å². The number of aromatic nitrogens is 2. The van der Waals surface area contributed by atoms with Crippen LogP contribution in [0.25, 0.3) is 0 Å². The minimum atomic E-state index is 0.0523. The molecule has 0 unspecified atom stereocenters. The maximum absolute atomic E-state index is 13.0. The molecule has 3 rings (SSSR count). The molecule has 1 aliphatic rings. The molecule has 0 N–H and O–H groups in total. The molecule has 0 saturated carbocycles. The van der Waals surface area contributed by atoms with Crippen molar-refractivity contribution in [3.05, 3.63) is 42.0 Å². The van der Waals surface area contributed by atoms with Gasteiger partial charge >= 0.3 is 0 Å². The van der Waals surface area contributed by atoms with E-state index in [-0.39, 0.29) is 5.91 Å². The largest absolute Gasteiger partial charge is 0.490 e. The molecule has 1 fully saturated rings. The number of amides is 1. The summed E-state index contributed by atoms with van der Waals surface area (Å²) in [6, 6.07) is 5.45. The van der Waals surface area contributed by atoms with Crippen molar-refractivity contribution in [2.45, 2.75) is 33.7 Å². The van der Waals surface area contributed by atoms with E-state index in [4.69, 9.17) is 9.47 Å². The molecule has 1 aliphatic heterocycles. The fourth-order valence-corrected chi connectivity index (χ4v) is 3.65. The Morgan fingerprint density at radius 2 is 1.72 bits per heavy atom. The molecule has 0 aliphatic carbocycles. The van der Waals surface area contributed by atoms with Gasteiger partial charge < -0.3 is 18.9 Å². The van der Waals surface area contributed by atoms with Gasteiger partial charge in [-0.25, -0.2) is 4.98 Å². The molecule has 1 amide bonds. The first kappa shape index (κ1) is 21.2. The molecule has 2 heterocycles. The van der Waals surface area contributed by atoms with Gasteiger partial charge in [0.05, 0.1) is 13.2 Å². The van der Waals surface area contributed by atoms with Gasteiger partial charge in [-0.15, -0.1) is 0 Å². The lowest BCUT2D eigenvalue weighted by Gasteiger charge is -2.35. The van der Waals surface area contributed by atoms with E-state index < -0.39 is 0 Å². The Balaban J connectivity index is 1.55. The molecule has 1 saturated heterocycles. The van der Waals surface area contributed by atoms with E-state index in [1.807, 2.05) is 43.3 Å². The van der Waals surface area contributed by atoms with Crippen LogP contribution in [0, 0.1) is 0 Å². The smallest absolute Gasteiger partial charge is 0.254 e. The van der Waals surface area contributed by atoms with Gasteiger partial charge in [0, 0.05) is 63.6 Å². The lowest BCUT2D eigenvalue weighted by molar-refractivity contribution is 0.0632. The van der Waals surface area contributed by atoms with E-state index in [1.54, 1.807) is 6.07 Å². The van der Waals surface area contributed by atoms with Gasteiger partial charge in [-0.3, -0.25) is 9.69 Å². The quantitative estimate of drug-likeness (QED) is 0.648. The average Bonchev–Trinajstić information content (AvgIpc) is 3.21. The van der Waals surface area contributed by atoms with Crippen molar-refractivity contribution in [2.75, 3.05) is 45.9 Å². The first-order valence-corrected chi connectivity index (χ1v) is 10.6. The molecule has 1 aromatic carbocycles. The van der Waals surface area contributed by atoms with E-state index in [2.05, 4.69) is 21.4 Å². The predicted octanol–water partition coefficient (Wildman–Crippen LogP) is 2.70. The second-order valence-corrected chi connectivity index (χ2v) is 7.05. The number of hydrogen-bond acceptors (Lipinski definition) is 5. The van der Waals surface area contributed by atoms with Crippen LogP contribution in [0.4, 0.5) is 0 Å². The monoisotopic (exact) mass is 400 g/mol. The fourth-order valence-electron chi connectivity index (χ4n) is 3.65. The van der Waals surface area contributed by atoms with Crippen molar-refractivity contribution in [2.24, 2.45) is 0 Å². The van der Waals surface area contributed by atoms with Gasteiger partial charge in [0.2, 0.25) is 0 Å². The molecule has 0 spiro atoms. The predicted molar refractivity (Wildman–Crippen MR) is 113 cm³/mol. The number of rotatable bonds is 9. The lowest BCUT2D eigenvalue weighted by atomic mass is 10.1.